The minimum Gasteiger partial charge on any atom is -0.494 e. The Hall–Kier alpha value is -4.53. The molecule has 6 rings (SSSR count). The standard InChI is InChI=1S/C26H21FN6O2/c1-35-23-12-20(9-10-21(23)27)33-25(29-15-30-33)18-6-11-24-28-13-22(32(24)14-18)16-4-7-19(8-5-16)31-26(34)17-2-3-17/h4-15,17H,2-3H2,1H3,(H,31,34). The Morgan fingerprint density at radius 2 is 1.86 bits per heavy atom. The van der Waals surface area contributed by atoms with Crippen LogP contribution in [0.15, 0.2) is 73.3 Å². The van der Waals surface area contributed by atoms with Crippen molar-refractivity contribution in [2.75, 3.05) is 12.4 Å². The van der Waals surface area contributed by atoms with Gasteiger partial charge in [0.05, 0.1) is 24.7 Å². The first-order chi connectivity index (χ1) is 17.1. The normalized spacial score (nSPS) is 13.2. The summed E-state index contributed by atoms with van der Waals surface area (Å²) < 4.78 is 22.6. The van der Waals surface area contributed by atoms with Crippen LogP contribution in [0.3, 0.4) is 0 Å². The van der Waals surface area contributed by atoms with Crippen LogP contribution in [0.25, 0.3) is 34.0 Å². The van der Waals surface area contributed by atoms with E-state index in [2.05, 4.69) is 20.4 Å². The number of imidazole rings is 1. The van der Waals surface area contributed by atoms with Gasteiger partial charge in [-0.3, -0.25) is 9.20 Å². The molecular formula is C26H21FN6O2. The minimum absolute atomic E-state index is 0.0834. The van der Waals surface area contributed by atoms with Crippen molar-refractivity contribution in [2.45, 2.75) is 12.8 Å². The summed E-state index contributed by atoms with van der Waals surface area (Å²) >= 11 is 0. The number of aromatic nitrogens is 5. The summed E-state index contributed by atoms with van der Waals surface area (Å²) in [5.74, 6) is 0.525. The second-order valence-corrected chi connectivity index (χ2v) is 8.44. The Balaban J connectivity index is 1.35. The van der Waals surface area contributed by atoms with Crippen LogP contribution < -0.4 is 10.1 Å². The maximum atomic E-state index is 13.9. The Bertz CT molecular complexity index is 1550. The highest BCUT2D eigenvalue weighted by molar-refractivity contribution is 5.94. The molecule has 3 heterocycles. The molecule has 5 aromatic rings. The molecule has 8 nitrogen and oxygen atoms in total. The maximum absolute atomic E-state index is 13.9. The zero-order valence-electron chi connectivity index (χ0n) is 18.9. The lowest BCUT2D eigenvalue weighted by Gasteiger charge is -2.10. The molecule has 3 aromatic heterocycles. The Kier molecular flexibility index (Phi) is 5.02. The first-order valence-corrected chi connectivity index (χ1v) is 11.2. The fourth-order valence-corrected chi connectivity index (χ4v) is 4.05. The topological polar surface area (TPSA) is 86.3 Å². The Morgan fingerprint density at radius 1 is 1.06 bits per heavy atom. The fraction of sp³-hybridized carbons (Fsp3) is 0.154. The number of hydrogen-bond donors (Lipinski definition) is 1. The van der Waals surface area contributed by atoms with Crippen LogP contribution in [-0.2, 0) is 4.79 Å². The van der Waals surface area contributed by atoms with Gasteiger partial charge in [0.2, 0.25) is 5.91 Å². The predicted molar refractivity (Wildman–Crippen MR) is 129 cm³/mol. The van der Waals surface area contributed by atoms with E-state index in [1.165, 1.54) is 19.5 Å². The lowest BCUT2D eigenvalue weighted by molar-refractivity contribution is -0.117. The molecule has 0 spiro atoms. The van der Waals surface area contributed by atoms with Crippen molar-refractivity contribution in [1.82, 2.24) is 24.1 Å². The summed E-state index contributed by atoms with van der Waals surface area (Å²) in [6, 6.07) is 16.1. The Labute approximate surface area is 200 Å². The first-order valence-electron chi connectivity index (χ1n) is 11.2. The molecule has 0 bridgehead atoms. The number of rotatable bonds is 6. The summed E-state index contributed by atoms with van der Waals surface area (Å²) in [5, 5.41) is 7.30. The van der Waals surface area contributed by atoms with E-state index >= 15 is 0 Å². The molecule has 0 atom stereocenters. The average molecular weight is 468 g/mol. The monoisotopic (exact) mass is 468 g/mol. The van der Waals surface area contributed by atoms with E-state index in [1.54, 1.807) is 16.8 Å². The number of pyridine rings is 1. The molecule has 0 radical (unpaired) electrons. The van der Waals surface area contributed by atoms with Gasteiger partial charge in [0.15, 0.2) is 17.4 Å². The highest BCUT2D eigenvalue weighted by Crippen LogP contribution is 2.31. The average Bonchev–Trinajstić information content (AvgIpc) is 3.48. The Morgan fingerprint density at radius 3 is 2.63 bits per heavy atom. The minimum atomic E-state index is -0.444. The number of benzene rings is 2. The number of fused-ring (bicyclic) bond motifs is 1. The number of nitrogens with one attached hydrogen (secondary N) is 1. The third kappa shape index (κ3) is 3.90. The van der Waals surface area contributed by atoms with Gasteiger partial charge in [-0.25, -0.2) is 19.0 Å². The number of anilines is 1. The van der Waals surface area contributed by atoms with Gasteiger partial charge in [-0.2, -0.15) is 5.10 Å². The van der Waals surface area contributed by atoms with Crippen molar-refractivity contribution in [3.63, 3.8) is 0 Å². The number of carbonyl (C=O) groups excluding carboxylic acids is 1. The molecule has 0 saturated heterocycles. The number of ether oxygens (including phenoxy) is 1. The van der Waals surface area contributed by atoms with Gasteiger partial charge < -0.3 is 10.1 Å². The molecule has 1 N–H and O–H groups in total. The van der Waals surface area contributed by atoms with E-state index in [0.29, 0.717) is 11.5 Å². The van der Waals surface area contributed by atoms with E-state index < -0.39 is 5.82 Å². The van der Waals surface area contributed by atoms with E-state index in [9.17, 15) is 9.18 Å². The number of amides is 1. The summed E-state index contributed by atoms with van der Waals surface area (Å²) in [6.45, 7) is 0. The van der Waals surface area contributed by atoms with E-state index in [4.69, 9.17) is 4.74 Å². The summed E-state index contributed by atoms with van der Waals surface area (Å²) in [7, 11) is 1.42. The number of halogens is 1. The zero-order chi connectivity index (χ0) is 23.9. The number of carbonyl (C=O) groups is 1. The second-order valence-electron chi connectivity index (χ2n) is 8.44. The molecule has 35 heavy (non-hydrogen) atoms. The van der Waals surface area contributed by atoms with Crippen molar-refractivity contribution >= 4 is 17.2 Å². The van der Waals surface area contributed by atoms with Gasteiger partial charge in [0, 0.05) is 35.0 Å². The molecule has 2 aromatic carbocycles. The van der Waals surface area contributed by atoms with Crippen LogP contribution in [0.4, 0.5) is 10.1 Å². The fourth-order valence-electron chi connectivity index (χ4n) is 4.05. The lowest BCUT2D eigenvalue weighted by Crippen LogP contribution is -2.12. The van der Waals surface area contributed by atoms with Gasteiger partial charge >= 0.3 is 0 Å². The van der Waals surface area contributed by atoms with Crippen molar-refractivity contribution < 1.29 is 13.9 Å². The van der Waals surface area contributed by atoms with Crippen LogP contribution in [0, 0.1) is 11.7 Å². The van der Waals surface area contributed by atoms with Crippen LogP contribution >= 0.6 is 0 Å². The molecule has 1 fully saturated rings. The van der Waals surface area contributed by atoms with Gasteiger partial charge in [-0.05, 0) is 49.2 Å². The van der Waals surface area contributed by atoms with Crippen LogP contribution in [0.1, 0.15) is 12.8 Å². The molecule has 0 unspecified atom stereocenters. The summed E-state index contributed by atoms with van der Waals surface area (Å²) in [5.41, 5.74) is 4.86. The smallest absolute Gasteiger partial charge is 0.227 e. The second kappa shape index (κ2) is 8.35. The SMILES string of the molecule is COc1cc(-n2ncnc2-c2ccc3ncc(-c4ccc(NC(=O)C5CC5)cc4)n3c2)ccc1F. The predicted octanol–water partition coefficient (Wildman–Crippen LogP) is 4.75. The van der Waals surface area contributed by atoms with E-state index in [0.717, 1.165) is 41.0 Å². The first kappa shape index (κ1) is 21.0. The number of hydrogen-bond acceptors (Lipinski definition) is 5. The highest BCUT2D eigenvalue weighted by Gasteiger charge is 2.29. The van der Waals surface area contributed by atoms with Crippen LogP contribution in [0.2, 0.25) is 0 Å². The van der Waals surface area contributed by atoms with Gasteiger partial charge in [0.25, 0.3) is 0 Å². The maximum Gasteiger partial charge on any atom is 0.227 e. The van der Waals surface area contributed by atoms with Gasteiger partial charge in [0.1, 0.15) is 12.0 Å². The molecule has 1 aliphatic rings. The van der Waals surface area contributed by atoms with Crippen LogP contribution in [-0.4, -0.2) is 37.2 Å². The largest absolute Gasteiger partial charge is 0.494 e. The van der Waals surface area contributed by atoms with Gasteiger partial charge in [-0.15, -0.1) is 0 Å². The molecule has 1 aliphatic carbocycles. The quantitative estimate of drug-likeness (QED) is 0.389. The summed E-state index contributed by atoms with van der Waals surface area (Å²) in [6.07, 6.45) is 7.15. The molecule has 1 saturated carbocycles. The summed E-state index contributed by atoms with van der Waals surface area (Å²) in [4.78, 5) is 21.0. The third-order valence-electron chi connectivity index (χ3n) is 6.09. The third-order valence-corrected chi connectivity index (χ3v) is 6.09. The van der Waals surface area contributed by atoms with Crippen molar-refractivity contribution in [2.24, 2.45) is 5.92 Å². The van der Waals surface area contributed by atoms with E-state index in [1.807, 2.05) is 53.2 Å². The van der Waals surface area contributed by atoms with Crippen LogP contribution in [0.5, 0.6) is 5.75 Å². The molecule has 1 amide bonds. The van der Waals surface area contributed by atoms with Crippen molar-refractivity contribution in [3.05, 3.63) is 79.1 Å². The molecule has 0 aliphatic heterocycles. The molecule has 9 heteroatoms. The highest BCUT2D eigenvalue weighted by atomic mass is 19.1. The number of nitrogens with zero attached hydrogens (tertiary/aromatic N) is 5. The van der Waals surface area contributed by atoms with E-state index in [-0.39, 0.29) is 17.6 Å². The zero-order valence-corrected chi connectivity index (χ0v) is 18.9. The van der Waals surface area contributed by atoms with Gasteiger partial charge in [-0.1, -0.05) is 12.1 Å². The van der Waals surface area contributed by atoms with Crippen molar-refractivity contribution in [1.29, 1.82) is 0 Å². The molecular weight excluding hydrogens is 447 g/mol. The van der Waals surface area contributed by atoms with Crippen molar-refractivity contribution in [3.8, 4) is 34.1 Å². The number of methoxy groups -OCH3 is 1. The lowest BCUT2D eigenvalue weighted by atomic mass is 10.1. The molecule has 174 valence electrons.